The Labute approximate surface area is 114 Å². The molecule has 2 N–H and O–H groups in total. The van der Waals surface area contributed by atoms with Gasteiger partial charge in [-0.15, -0.1) is 0 Å². The largest absolute Gasteiger partial charge is 0.398 e. The Morgan fingerprint density at radius 2 is 2.11 bits per heavy atom. The Balaban J connectivity index is 1.85. The third kappa shape index (κ3) is 3.61. The van der Waals surface area contributed by atoms with Crippen LogP contribution >= 0.6 is 11.6 Å². The van der Waals surface area contributed by atoms with Gasteiger partial charge < -0.3 is 10.5 Å². The Hall–Kier alpha value is -0.770. The van der Waals surface area contributed by atoms with Crippen LogP contribution in [-0.4, -0.2) is 31.7 Å². The van der Waals surface area contributed by atoms with Crippen molar-refractivity contribution in [2.45, 2.75) is 19.4 Å². The zero-order valence-electron chi connectivity index (χ0n) is 10.9. The van der Waals surface area contributed by atoms with Crippen molar-refractivity contribution in [2.24, 2.45) is 5.92 Å². The molecule has 0 aliphatic carbocycles. The number of hydrogen-bond donors (Lipinski definition) is 1. The number of nitrogens with two attached hydrogens (primary N) is 1. The summed E-state index contributed by atoms with van der Waals surface area (Å²) in [6, 6.07) is 5.91. The Morgan fingerprint density at radius 3 is 2.72 bits per heavy atom. The first kappa shape index (κ1) is 13.7. The van der Waals surface area contributed by atoms with Gasteiger partial charge in [-0.3, -0.25) is 4.90 Å². The van der Waals surface area contributed by atoms with Gasteiger partial charge >= 0.3 is 0 Å². The highest BCUT2D eigenvalue weighted by atomic mass is 35.5. The van der Waals surface area contributed by atoms with Gasteiger partial charge in [0.05, 0.1) is 10.7 Å². The molecule has 0 amide bonds. The van der Waals surface area contributed by atoms with Gasteiger partial charge in [0, 0.05) is 20.3 Å². The van der Waals surface area contributed by atoms with Gasteiger partial charge in [-0.2, -0.15) is 0 Å². The van der Waals surface area contributed by atoms with Gasteiger partial charge in [0.25, 0.3) is 0 Å². The van der Waals surface area contributed by atoms with E-state index in [9.17, 15) is 0 Å². The fraction of sp³-hybridized carbons (Fsp3) is 0.571. The van der Waals surface area contributed by atoms with Crippen LogP contribution in [0.5, 0.6) is 0 Å². The number of ether oxygens (including phenoxy) is 1. The van der Waals surface area contributed by atoms with E-state index in [4.69, 9.17) is 22.1 Å². The van der Waals surface area contributed by atoms with Crippen molar-refractivity contribution in [3.05, 3.63) is 28.8 Å². The average molecular weight is 269 g/mol. The van der Waals surface area contributed by atoms with Crippen LogP contribution in [-0.2, 0) is 11.3 Å². The Kier molecular flexibility index (Phi) is 4.87. The second kappa shape index (κ2) is 6.41. The summed E-state index contributed by atoms with van der Waals surface area (Å²) in [6.07, 6.45) is 2.44. The van der Waals surface area contributed by atoms with Crippen LogP contribution in [0.3, 0.4) is 0 Å². The van der Waals surface area contributed by atoms with Gasteiger partial charge in [-0.1, -0.05) is 17.7 Å². The van der Waals surface area contributed by atoms with Crippen LogP contribution in [0.4, 0.5) is 5.69 Å². The molecule has 0 atom stereocenters. The molecule has 0 aromatic heterocycles. The van der Waals surface area contributed by atoms with Crippen molar-refractivity contribution >= 4 is 17.3 Å². The lowest BCUT2D eigenvalue weighted by Gasteiger charge is -2.31. The number of anilines is 1. The average Bonchev–Trinajstić information content (AvgIpc) is 2.37. The second-order valence-corrected chi connectivity index (χ2v) is 5.44. The first-order valence-corrected chi connectivity index (χ1v) is 6.82. The molecule has 1 aromatic carbocycles. The number of methoxy groups -OCH3 is 1. The molecule has 1 fully saturated rings. The second-order valence-electron chi connectivity index (χ2n) is 5.03. The van der Waals surface area contributed by atoms with Crippen LogP contribution < -0.4 is 5.73 Å². The molecule has 1 heterocycles. The smallest absolute Gasteiger partial charge is 0.0638 e. The molecule has 0 spiro atoms. The molecule has 4 heteroatoms. The molecule has 100 valence electrons. The monoisotopic (exact) mass is 268 g/mol. The van der Waals surface area contributed by atoms with E-state index < -0.39 is 0 Å². The van der Waals surface area contributed by atoms with E-state index in [1.807, 2.05) is 12.1 Å². The third-order valence-electron chi connectivity index (χ3n) is 3.58. The highest BCUT2D eigenvalue weighted by molar-refractivity contribution is 6.33. The number of rotatable bonds is 4. The van der Waals surface area contributed by atoms with Gasteiger partial charge in [0.2, 0.25) is 0 Å². The Bertz CT molecular complexity index is 389. The van der Waals surface area contributed by atoms with Gasteiger partial charge in [-0.05, 0) is 49.5 Å². The number of halogens is 1. The predicted molar refractivity (Wildman–Crippen MR) is 75.7 cm³/mol. The number of piperidine rings is 1. The maximum Gasteiger partial charge on any atom is 0.0638 e. The van der Waals surface area contributed by atoms with E-state index in [0.717, 1.165) is 32.2 Å². The minimum atomic E-state index is 0.652. The molecule has 3 nitrogen and oxygen atoms in total. The van der Waals surface area contributed by atoms with E-state index in [2.05, 4.69) is 11.0 Å². The molecule has 0 saturated carbocycles. The number of nitrogen functional groups attached to an aromatic ring is 1. The van der Waals surface area contributed by atoms with Crippen LogP contribution in [0.25, 0.3) is 0 Å². The summed E-state index contributed by atoms with van der Waals surface area (Å²) in [4.78, 5) is 2.47. The van der Waals surface area contributed by atoms with Crippen molar-refractivity contribution in [2.75, 3.05) is 32.5 Å². The van der Waals surface area contributed by atoms with E-state index in [-0.39, 0.29) is 0 Å². The molecule has 18 heavy (non-hydrogen) atoms. The predicted octanol–water partition coefficient (Wildman–Crippen LogP) is 2.78. The molecule has 0 radical (unpaired) electrons. The lowest BCUT2D eigenvalue weighted by atomic mass is 9.97. The minimum Gasteiger partial charge on any atom is -0.398 e. The lowest BCUT2D eigenvalue weighted by molar-refractivity contribution is 0.0968. The van der Waals surface area contributed by atoms with Crippen LogP contribution in [0.1, 0.15) is 18.4 Å². The maximum absolute atomic E-state index is 6.04. The first-order chi connectivity index (χ1) is 8.69. The zero-order valence-corrected chi connectivity index (χ0v) is 11.6. The summed E-state index contributed by atoms with van der Waals surface area (Å²) in [5.74, 6) is 0.723. The fourth-order valence-corrected chi connectivity index (χ4v) is 2.68. The molecule has 0 unspecified atom stereocenters. The highest BCUT2D eigenvalue weighted by Gasteiger charge is 2.19. The van der Waals surface area contributed by atoms with E-state index in [1.165, 1.54) is 18.4 Å². The van der Waals surface area contributed by atoms with Crippen molar-refractivity contribution in [1.29, 1.82) is 0 Å². The topological polar surface area (TPSA) is 38.5 Å². The molecule has 1 aliphatic rings. The van der Waals surface area contributed by atoms with E-state index >= 15 is 0 Å². The summed E-state index contributed by atoms with van der Waals surface area (Å²) in [7, 11) is 1.78. The molecular formula is C14H21ClN2O. The van der Waals surface area contributed by atoms with Crippen molar-refractivity contribution in [3.63, 3.8) is 0 Å². The van der Waals surface area contributed by atoms with Crippen LogP contribution in [0.2, 0.25) is 5.02 Å². The summed E-state index contributed by atoms with van der Waals surface area (Å²) in [6.45, 7) is 4.12. The zero-order chi connectivity index (χ0) is 13.0. The molecule has 1 aromatic rings. The van der Waals surface area contributed by atoms with Crippen molar-refractivity contribution in [1.82, 2.24) is 4.90 Å². The van der Waals surface area contributed by atoms with Crippen LogP contribution in [0.15, 0.2) is 18.2 Å². The summed E-state index contributed by atoms with van der Waals surface area (Å²) < 4.78 is 5.21. The van der Waals surface area contributed by atoms with E-state index in [1.54, 1.807) is 7.11 Å². The number of benzene rings is 1. The van der Waals surface area contributed by atoms with Crippen molar-refractivity contribution in [3.8, 4) is 0 Å². The third-order valence-corrected chi connectivity index (χ3v) is 3.91. The summed E-state index contributed by atoms with van der Waals surface area (Å²) >= 11 is 6.04. The molecule has 1 aliphatic heterocycles. The normalized spacial score (nSPS) is 18.1. The SMILES string of the molecule is COCC1CCN(Cc2ccc(N)c(Cl)c2)CC1. The standard InChI is InChI=1S/C14H21ClN2O/c1-18-10-11-4-6-17(7-5-11)9-12-2-3-14(16)13(15)8-12/h2-3,8,11H,4-7,9-10,16H2,1H3. The van der Waals surface area contributed by atoms with Gasteiger partial charge in [0.1, 0.15) is 0 Å². The maximum atomic E-state index is 6.04. The Morgan fingerprint density at radius 1 is 1.39 bits per heavy atom. The van der Waals surface area contributed by atoms with Gasteiger partial charge in [-0.25, -0.2) is 0 Å². The highest BCUT2D eigenvalue weighted by Crippen LogP contribution is 2.23. The number of likely N-dealkylation sites (tertiary alicyclic amines) is 1. The molecular weight excluding hydrogens is 248 g/mol. The number of hydrogen-bond acceptors (Lipinski definition) is 3. The summed E-state index contributed by atoms with van der Waals surface area (Å²) in [5, 5.41) is 0.654. The van der Waals surface area contributed by atoms with E-state index in [0.29, 0.717) is 10.7 Å². The quantitative estimate of drug-likeness (QED) is 0.854. The molecule has 0 bridgehead atoms. The summed E-state index contributed by atoms with van der Waals surface area (Å²) in [5.41, 5.74) is 7.60. The van der Waals surface area contributed by atoms with Crippen molar-refractivity contribution < 1.29 is 4.74 Å². The number of nitrogens with zero attached hydrogens (tertiary/aromatic N) is 1. The van der Waals surface area contributed by atoms with Crippen LogP contribution in [0, 0.1) is 5.92 Å². The minimum absolute atomic E-state index is 0.652. The van der Waals surface area contributed by atoms with Gasteiger partial charge in [0.15, 0.2) is 0 Å². The lowest BCUT2D eigenvalue weighted by Crippen LogP contribution is -2.34. The first-order valence-electron chi connectivity index (χ1n) is 6.44. The fourth-order valence-electron chi connectivity index (χ4n) is 2.47. The molecule has 2 rings (SSSR count). The molecule has 1 saturated heterocycles.